The third kappa shape index (κ3) is 2.77. The van der Waals surface area contributed by atoms with Crippen molar-refractivity contribution >= 4 is 23.3 Å². The first-order valence-corrected chi connectivity index (χ1v) is 7.41. The van der Waals surface area contributed by atoms with Crippen molar-refractivity contribution in [1.29, 1.82) is 0 Å². The summed E-state index contributed by atoms with van der Waals surface area (Å²) in [4.78, 5) is 0. The maximum absolute atomic E-state index is 6.21. The zero-order valence-corrected chi connectivity index (χ0v) is 13.3. The maximum atomic E-state index is 6.21. The number of hydrogen-bond donors (Lipinski definition) is 3. The Labute approximate surface area is 140 Å². The Hall–Kier alpha value is -3.41. The Morgan fingerprint density at radius 3 is 2.42 bits per heavy atom. The van der Waals surface area contributed by atoms with Crippen LogP contribution in [0.25, 0.3) is 17.5 Å². The van der Waals surface area contributed by atoms with Crippen LogP contribution in [0.2, 0.25) is 0 Å². The molecule has 0 aliphatic rings. The number of methoxy groups -OCH3 is 1. The van der Waals surface area contributed by atoms with Crippen LogP contribution in [0.1, 0.15) is 11.3 Å². The Bertz CT molecular complexity index is 884. The summed E-state index contributed by atoms with van der Waals surface area (Å²) in [6, 6.07) is 17.1. The highest BCUT2D eigenvalue weighted by atomic mass is 16.5. The second kappa shape index (κ2) is 6.37. The number of anilines is 2. The van der Waals surface area contributed by atoms with Crippen LogP contribution in [0.5, 0.6) is 5.75 Å². The van der Waals surface area contributed by atoms with E-state index in [-0.39, 0.29) is 0 Å². The van der Waals surface area contributed by atoms with Crippen molar-refractivity contribution in [2.24, 2.45) is 5.73 Å². The molecule has 6 heteroatoms. The van der Waals surface area contributed by atoms with Crippen molar-refractivity contribution in [3.8, 4) is 11.4 Å². The van der Waals surface area contributed by atoms with Gasteiger partial charge >= 0.3 is 0 Å². The first-order chi connectivity index (χ1) is 11.6. The van der Waals surface area contributed by atoms with Gasteiger partial charge in [-0.3, -0.25) is 0 Å². The largest absolute Gasteiger partial charge is 0.496 e. The second-order valence-corrected chi connectivity index (χ2v) is 5.24. The van der Waals surface area contributed by atoms with Gasteiger partial charge in [-0.05, 0) is 24.3 Å². The summed E-state index contributed by atoms with van der Waals surface area (Å²) in [6.07, 6.45) is 1.77. The van der Waals surface area contributed by atoms with Crippen molar-refractivity contribution < 1.29 is 4.74 Å². The lowest BCUT2D eigenvalue weighted by molar-refractivity contribution is 0.414. The molecular formula is C18H19N5O. The average Bonchev–Trinajstić information content (AvgIpc) is 2.92. The molecule has 0 atom stereocenters. The summed E-state index contributed by atoms with van der Waals surface area (Å²) in [5, 5.41) is 4.46. The summed E-state index contributed by atoms with van der Waals surface area (Å²) in [5.74, 6) is 1.07. The molecule has 0 aliphatic heterocycles. The van der Waals surface area contributed by atoms with E-state index in [0.29, 0.717) is 22.9 Å². The van der Waals surface area contributed by atoms with Gasteiger partial charge in [-0.25, -0.2) is 4.68 Å². The number of ether oxygens (including phenoxy) is 1. The molecule has 0 aliphatic carbocycles. The number of benzene rings is 2. The lowest BCUT2D eigenvalue weighted by Crippen LogP contribution is -2.02. The van der Waals surface area contributed by atoms with Crippen LogP contribution >= 0.6 is 0 Å². The Morgan fingerprint density at radius 2 is 1.71 bits per heavy atom. The van der Waals surface area contributed by atoms with Gasteiger partial charge < -0.3 is 21.9 Å². The fraction of sp³-hybridized carbons (Fsp3) is 0.0556. The maximum Gasteiger partial charge on any atom is 0.151 e. The number of rotatable bonds is 4. The van der Waals surface area contributed by atoms with Crippen LogP contribution in [0.3, 0.4) is 0 Å². The van der Waals surface area contributed by atoms with Gasteiger partial charge in [-0.15, -0.1) is 0 Å². The number of nitrogen functional groups attached to an aromatic ring is 2. The van der Waals surface area contributed by atoms with E-state index >= 15 is 0 Å². The van der Waals surface area contributed by atoms with E-state index in [9.17, 15) is 0 Å². The third-order valence-electron chi connectivity index (χ3n) is 3.68. The highest BCUT2D eigenvalue weighted by Gasteiger charge is 2.16. The summed E-state index contributed by atoms with van der Waals surface area (Å²) in [7, 11) is 1.61. The molecule has 6 nitrogen and oxygen atoms in total. The second-order valence-electron chi connectivity index (χ2n) is 5.24. The van der Waals surface area contributed by atoms with Gasteiger partial charge in [0.2, 0.25) is 0 Å². The molecule has 1 aromatic heterocycles. The fourth-order valence-corrected chi connectivity index (χ4v) is 2.44. The third-order valence-corrected chi connectivity index (χ3v) is 3.68. The van der Waals surface area contributed by atoms with Gasteiger partial charge in [0.25, 0.3) is 0 Å². The van der Waals surface area contributed by atoms with Crippen molar-refractivity contribution in [2.75, 3.05) is 18.6 Å². The molecule has 0 amide bonds. The van der Waals surface area contributed by atoms with E-state index in [1.807, 2.05) is 54.6 Å². The molecule has 3 aromatic rings. The summed E-state index contributed by atoms with van der Waals surface area (Å²) >= 11 is 0. The topological polar surface area (TPSA) is 105 Å². The zero-order chi connectivity index (χ0) is 17.1. The summed E-state index contributed by atoms with van der Waals surface area (Å²) in [5.41, 5.74) is 21.3. The van der Waals surface area contributed by atoms with Crippen LogP contribution < -0.4 is 21.9 Å². The molecule has 6 N–H and O–H groups in total. The van der Waals surface area contributed by atoms with Gasteiger partial charge in [0.1, 0.15) is 17.1 Å². The molecule has 0 fully saturated rings. The molecule has 0 bridgehead atoms. The average molecular weight is 321 g/mol. The Balaban J connectivity index is 2.05. The van der Waals surface area contributed by atoms with Gasteiger partial charge in [0.05, 0.1) is 18.5 Å². The predicted octanol–water partition coefficient (Wildman–Crippen LogP) is 2.50. The highest BCUT2D eigenvalue weighted by Crippen LogP contribution is 2.29. The molecule has 1 heterocycles. The van der Waals surface area contributed by atoms with Gasteiger partial charge in [-0.1, -0.05) is 36.4 Å². The van der Waals surface area contributed by atoms with E-state index in [4.69, 9.17) is 21.9 Å². The molecule has 0 saturated heterocycles. The summed E-state index contributed by atoms with van der Waals surface area (Å²) < 4.78 is 6.91. The Morgan fingerprint density at radius 1 is 1.04 bits per heavy atom. The SMILES string of the molecule is COc1ccccc1/C=C(\N)c1nn(-c2ccccc2)c(N)c1N. The van der Waals surface area contributed by atoms with Crippen LogP contribution in [-0.4, -0.2) is 16.9 Å². The molecule has 0 saturated carbocycles. The van der Waals surface area contributed by atoms with Crippen LogP contribution in [0.15, 0.2) is 54.6 Å². The van der Waals surface area contributed by atoms with Crippen molar-refractivity contribution in [3.05, 3.63) is 65.9 Å². The number of hydrogen-bond acceptors (Lipinski definition) is 5. The number of nitrogens with zero attached hydrogens (tertiary/aromatic N) is 2. The molecule has 122 valence electrons. The van der Waals surface area contributed by atoms with E-state index in [1.54, 1.807) is 17.9 Å². The minimum atomic E-state index is 0.350. The molecule has 24 heavy (non-hydrogen) atoms. The lowest BCUT2D eigenvalue weighted by atomic mass is 10.1. The number of aromatic nitrogens is 2. The monoisotopic (exact) mass is 321 g/mol. The first-order valence-electron chi connectivity index (χ1n) is 7.41. The van der Waals surface area contributed by atoms with Crippen molar-refractivity contribution in [3.63, 3.8) is 0 Å². The first kappa shape index (κ1) is 15.5. The zero-order valence-electron chi connectivity index (χ0n) is 13.3. The van der Waals surface area contributed by atoms with Gasteiger partial charge in [-0.2, -0.15) is 5.10 Å². The lowest BCUT2D eigenvalue weighted by Gasteiger charge is -2.05. The predicted molar refractivity (Wildman–Crippen MR) is 97.4 cm³/mol. The van der Waals surface area contributed by atoms with Gasteiger partial charge in [0, 0.05) is 5.56 Å². The molecular weight excluding hydrogens is 302 g/mol. The Kier molecular flexibility index (Phi) is 4.11. The molecule has 0 spiro atoms. The molecule has 2 aromatic carbocycles. The van der Waals surface area contributed by atoms with E-state index < -0.39 is 0 Å². The van der Waals surface area contributed by atoms with Crippen LogP contribution in [-0.2, 0) is 0 Å². The number of nitrogens with two attached hydrogens (primary N) is 3. The standard InChI is InChI=1S/C18H19N5O/c1-24-15-10-6-5-7-12(15)11-14(19)17-16(20)18(21)23(22-17)13-8-3-2-4-9-13/h2-11H,19-21H2,1H3/b14-11-. The molecule has 0 radical (unpaired) electrons. The van der Waals surface area contributed by atoms with Crippen molar-refractivity contribution in [2.45, 2.75) is 0 Å². The van der Waals surface area contributed by atoms with Crippen molar-refractivity contribution in [1.82, 2.24) is 9.78 Å². The molecule has 3 rings (SSSR count). The quantitative estimate of drug-likeness (QED) is 0.684. The highest BCUT2D eigenvalue weighted by molar-refractivity contribution is 5.87. The van der Waals surface area contributed by atoms with Gasteiger partial charge in [0.15, 0.2) is 5.82 Å². The molecule has 0 unspecified atom stereocenters. The van der Waals surface area contributed by atoms with E-state index in [2.05, 4.69) is 5.10 Å². The summed E-state index contributed by atoms with van der Waals surface area (Å²) in [6.45, 7) is 0. The fourth-order valence-electron chi connectivity index (χ4n) is 2.44. The van der Waals surface area contributed by atoms with Crippen LogP contribution in [0, 0.1) is 0 Å². The smallest absolute Gasteiger partial charge is 0.151 e. The van der Waals surface area contributed by atoms with E-state index in [1.165, 1.54) is 0 Å². The van der Waals surface area contributed by atoms with Crippen LogP contribution in [0.4, 0.5) is 11.5 Å². The van der Waals surface area contributed by atoms with E-state index in [0.717, 1.165) is 17.0 Å². The minimum absolute atomic E-state index is 0.350. The number of para-hydroxylation sites is 2. The normalized spacial score (nSPS) is 11.5. The minimum Gasteiger partial charge on any atom is -0.496 e.